The van der Waals surface area contributed by atoms with Gasteiger partial charge in [-0.25, -0.2) is 0 Å². The second-order valence-electron chi connectivity index (χ2n) is 10.8. The molecule has 0 bridgehead atoms. The van der Waals surface area contributed by atoms with E-state index >= 15 is 0 Å². The molecule has 0 aliphatic carbocycles. The fourth-order valence-electron chi connectivity index (χ4n) is 4.65. The van der Waals surface area contributed by atoms with Crippen LogP contribution in [0.15, 0.2) is 12.1 Å². The molecule has 0 unspecified atom stereocenters. The van der Waals surface area contributed by atoms with Crippen LogP contribution in [0.25, 0.3) is 0 Å². The third kappa shape index (κ3) is 8.72. The van der Waals surface area contributed by atoms with Gasteiger partial charge < -0.3 is 9.57 Å². The Morgan fingerprint density at radius 3 is 1.79 bits per heavy atom. The van der Waals surface area contributed by atoms with E-state index < -0.39 is 0 Å². The largest absolute Gasteiger partial charge is 0.466 e. The van der Waals surface area contributed by atoms with Gasteiger partial charge in [-0.3, -0.25) is 9.59 Å². The third-order valence-corrected chi connectivity index (χ3v) is 6.30. The van der Waals surface area contributed by atoms with Crippen molar-refractivity contribution in [3.05, 3.63) is 34.4 Å². The van der Waals surface area contributed by atoms with Gasteiger partial charge in [0.05, 0.1) is 12.6 Å². The van der Waals surface area contributed by atoms with Crippen molar-refractivity contribution in [3.63, 3.8) is 0 Å². The number of ether oxygens (including phenoxy) is 1. The second kappa shape index (κ2) is 13.9. The zero-order valence-corrected chi connectivity index (χ0v) is 23.5. The molecule has 0 aliphatic rings. The average molecular weight is 476 g/mol. The number of benzene rings is 1. The van der Waals surface area contributed by atoms with E-state index in [4.69, 9.17) is 9.57 Å². The molecule has 5 heteroatoms. The molecule has 0 heterocycles. The van der Waals surface area contributed by atoms with Gasteiger partial charge in [0, 0.05) is 19.4 Å². The van der Waals surface area contributed by atoms with E-state index in [-0.39, 0.29) is 24.0 Å². The van der Waals surface area contributed by atoms with Crippen molar-refractivity contribution in [2.24, 2.45) is 5.92 Å². The Labute approximate surface area is 208 Å². The summed E-state index contributed by atoms with van der Waals surface area (Å²) in [6, 6.07) is 4.42. The standard InChI is InChI=1S/C29H49NO4/c1-12-33-28(32)14-13-25(15-18(2)3)30(34-23(11)31)22(10)29-26(20(6)7)16-24(19(4)5)17-27(29)21(8)9/h16-22,25H,12-15H2,1-11H3/t22-,25+/m1/s1. The molecule has 0 radical (unpaired) electrons. The van der Waals surface area contributed by atoms with Gasteiger partial charge in [0.15, 0.2) is 0 Å². The van der Waals surface area contributed by atoms with Crippen molar-refractivity contribution in [1.29, 1.82) is 0 Å². The van der Waals surface area contributed by atoms with Crippen LogP contribution in [-0.2, 0) is 19.2 Å². The van der Waals surface area contributed by atoms with E-state index in [1.807, 2.05) is 12.0 Å². The summed E-state index contributed by atoms with van der Waals surface area (Å²) in [5.41, 5.74) is 5.17. The van der Waals surface area contributed by atoms with Crippen LogP contribution < -0.4 is 0 Å². The molecule has 0 N–H and O–H groups in total. The summed E-state index contributed by atoms with van der Waals surface area (Å²) in [5.74, 6) is 0.926. The quantitative estimate of drug-likeness (QED) is 0.216. The molecule has 1 aromatic carbocycles. The van der Waals surface area contributed by atoms with Gasteiger partial charge in [0.1, 0.15) is 0 Å². The first-order valence-corrected chi connectivity index (χ1v) is 13.1. The van der Waals surface area contributed by atoms with E-state index in [1.54, 1.807) is 0 Å². The lowest BCUT2D eigenvalue weighted by Gasteiger charge is -2.38. The lowest BCUT2D eigenvalue weighted by atomic mass is 9.81. The van der Waals surface area contributed by atoms with Crippen molar-refractivity contribution in [2.45, 2.75) is 125 Å². The highest BCUT2D eigenvalue weighted by atomic mass is 16.7. The third-order valence-electron chi connectivity index (χ3n) is 6.30. The zero-order valence-electron chi connectivity index (χ0n) is 23.5. The Hall–Kier alpha value is -1.88. The molecule has 1 rings (SSSR count). The molecule has 194 valence electrons. The number of hydroxylamine groups is 2. The molecular weight excluding hydrogens is 426 g/mol. The van der Waals surface area contributed by atoms with Crippen LogP contribution in [-0.4, -0.2) is 29.7 Å². The summed E-state index contributed by atoms with van der Waals surface area (Å²) >= 11 is 0. The molecule has 34 heavy (non-hydrogen) atoms. The number of hydrogen-bond acceptors (Lipinski definition) is 5. The minimum absolute atomic E-state index is 0.0897. The van der Waals surface area contributed by atoms with Gasteiger partial charge in [-0.1, -0.05) is 67.5 Å². The highest BCUT2D eigenvalue weighted by Crippen LogP contribution is 2.39. The Bertz CT molecular complexity index is 768. The van der Waals surface area contributed by atoms with Crippen LogP contribution >= 0.6 is 0 Å². The smallest absolute Gasteiger partial charge is 0.322 e. The summed E-state index contributed by atoms with van der Waals surface area (Å²) in [7, 11) is 0. The summed E-state index contributed by atoms with van der Waals surface area (Å²) in [5, 5.41) is 1.86. The van der Waals surface area contributed by atoms with E-state index in [0.717, 1.165) is 6.42 Å². The van der Waals surface area contributed by atoms with Crippen molar-refractivity contribution in [1.82, 2.24) is 5.06 Å². The molecule has 2 atom stereocenters. The molecule has 5 nitrogen and oxygen atoms in total. The summed E-state index contributed by atoms with van der Waals surface area (Å²) in [4.78, 5) is 30.3. The topological polar surface area (TPSA) is 55.8 Å². The first kappa shape index (κ1) is 30.2. The van der Waals surface area contributed by atoms with Crippen molar-refractivity contribution >= 4 is 11.9 Å². The number of carbonyl (C=O) groups excluding carboxylic acids is 2. The van der Waals surface area contributed by atoms with E-state index in [9.17, 15) is 9.59 Å². The lowest BCUT2D eigenvalue weighted by molar-refractivity contribution is -0.216. The number of carbonyl (C=O) groups is 2. The fourth-order valence-corrected chi connectivity index (χ4v) is 4.65. The predicted molar refractivity (Wildman–Crippen MR) is 140 cm³/mol. The van der Waals surface area contributed by atoms with E-state index in [2.05, 4.69) is 74.4 Å². The maximum absolute atomic E-state index is 12.2. The van der Waals surface area contributed by atoms with Crippen LogP contribution in [0, 0.1) is 5.92 Å². The highest BCUT2D eigenvalue weighted by molar-refractivity contribution is 5.69. The molecule has 0 saturated heterocycles. The maximum atomic E-state index is 12.2. The van der Waals surface area contributed by atoms with E-state index in [1.165, 1.54) is 29.2 Å². The Morgan fingerprint density at radius 1 is 0.882 bits per heavy atom. The van der Waals surface area contributed by atoms with Crippen LogP contribution in [0.1, 0.15) is 141 Å². The minimum atomic E-state index is -0.340. The molecular formula is C29H49NO4. The van der Waals surface area contributed by atoms with Gasteiger partial charge in [0.2, 0.25) is 0 Å². The fraction of sp³-hybridized carbons (Fsp3) is 0.724. The monoisotopic (exact) mass is 475 g/mol. The van der Waals surface area contributed by atoms with Crippen molar-refractivity contribution < 1.29 is 19.2 Å². The maximum Gasteiger partial charge on any atom is 0.322 e. The first-order chi connectivity index (χ1) is 15.8. The summed E-state index contributed by atoms with van der Waals surface area (Å²) < 4.78 is 5.17. The zero-order chi connectivity index (χ0) is 26.2. The lowest BCUT2D eigenvalue weighted by Crippen LogP contribution is -2.40. The Morgan fingerprint density at radius 2 is 1.41 bits per heavy atom. The number of rotatable bonds is 13. The van der Waals surface area contributed by atoms with Crippen LogP contribution in [0.5, 0.6) is 0 Å². The predicted octanol–water partition coefficient (Wildman–Crippen LogP) is 7.66. The van der Waals surface area contributed by atoms with Gasteiger partial charge in [-0.05, 0) is 72.6 Å². The average Bonchev–Trinajstić information content (AvgIpc) is 2.73. The van der Waals surface area contributed by atoms with Gasteiger partial charge in [0.25, 0.3) is 0 Å². The normalized spacial score (nSPS) is 13.8. The molecule has 0 fully saturated rings. The second-order valence-corrected chi connectivity index (χ2v) is 10.8. The molecule has 0 aliphatic heterocycles. The molecule has 0 spiro atoms. The molecule has 1 aromatic rings. The number of esters is 1. The Kier molecular flexibility index (Phi) is 12.3. The molecule has 0 saturated carbocycles. The van der Waals surface area contributed by atoms with Crippen LogP contribution in [0.3, 0.4) is 0 Å². The van der Waals surface area contributed by atoms with Crippen LogP contribution in [0.4, 0.5) is 0 Å². The first-order valence-electron chi connectivity index (χ1n) is 13.1. The van der Waals surface area contributed by atoms with E-state index in [0.29, 0.717) is 43.1 Å². The Balaban J connectivity index is 3.62. The minimum Gasteiger partial charge on any atom is -0.466 e. The van der Waals surface area contributed by atoms with Crippen molar-refractivity contribution in [2.75, 3.05) is 6.61 Å². The molecule has 0 amide bonds. The summed E-state index contributed by atoms with van der Waals surface area (Å²) in [6.07, 6.45) is 1.69. The summed E-state index contributed by atoms with van der Waals surface area (Å²) in [6.45, 7) is 23.4. The van der Waals surface area contributed by atoms with Crippen molar-refractivity contribution in [3.8, 4) is 0 Å². The highest BCUT2D eigenvalue weighted by Gasteiger charge is 2.33. The number of nitrogens with zero attached hydrogens (tertiary/aromatic N) is 1. The SMILES string of the molecule is CCOC(=O)CC[C@@H](CC(C)C)N(OC(C)=O)[C@H](C)c1c(C(C)C)cc(C(C)C)cc1C(C)C. The van der Waals surface area contributed by atoms with Gasteiger partial charge in [-0.2, -0.15) is 0 Å². The number of hydrogen-bond donors (Lipinski definition) is 0. The molecule has 0 aromatic heterocycles. The van der Waals surface area contributed by atoms with Gasteiger partial charge >= 0.3 is 11.9 Å². The van der Waals surface area contributed by atoms with Gasteiger partial charge in [-0.15, -0.1) is 5.06 Å². The van der Waals surface area contributed by atoms with Crippen LogP contribution in [0.2, 0.25) is 0 Å².